The van der Waals surface area contributed by atoms with E-state index in [1.807, 2.05) is 123 Å². The van der Waals surface area contributed by atoms with Gasteiger partial charge in [-0.05, 0) is 112 Å². The number of amides is 7. The molecule has 0 spiro atoms. The number of hydrazine groups is 2. The minimum atomic E-state index is -0.890. The summed E-state index contributed by atoms with van der Waals surface area (Å²) >= 11 is 10.1. The van der Waals surface area contributed by atoms with Gasteiger partial charge >= 0.3 is 0 Å². The Bertz CT molecular complexity index is 2730. The van der Waals surface area contributed by atoms with Crippen molar-refractivity contribution in [3.8, 4) is 11.5 Å². The highest BCUT2D eigenvalue weighted by molar-refractivity contribution is 6.26. The molecule has 0 unspecified atom stereocenters. The summed E-state index contributed by atoms with van der Waals surface area (Å²) in [5.41, 5.74) is 7.98. The van der Waals surface area contributed by atoms with E-state index in [2.05, 4.69) is 44.0 Å². The predicted molar refractivity (Wildman–Crippen MR) is 363 cm³/mol. The van der Waals surface area contributed by atoms with Crippen LogP contribution in [0.2, 0.25) is 0 Å². The van der Waals surface area contributed by atoms with Gasteiger partial charge in [-0.25, -0.2) is 10.9 Å². The van der Waals surface area contributed by atoms with Crippen LogP contribution in [-0.2, 0) is 47.8 Å². The Balaban J connectivity index is 0.000000587. The lowest BCUT2D eigenvalue weighted by Gasteiger charge is -2.36. The molecule has 3 aliphatic rings. The number of hydrogen-bond donors (Lipinski definition) is 7. The van der Waals surface area contributed by atoms with E-state index in [0.717, 1.165) is 11.1 Å². The van der Waals surface area contributed by atoms with Crippen molar-refractivity contribution >= 4 is 70.3 Å². The Labute approximate surface area is 558 Å². The number of halogens is 2. The molecule has 2 saturated heterocycles. The minimum Gasteiger partial charge on any atom is -0.490 e. The second-order valence-corrected chi connectivity index (χ2v) is 25.4. The molecule has 0 saturated carbocycles. The third kappa shape index (κ3) is 25.9. The van der Waals surface area contributed by atoms with Gasteiger partial charge in [-0.15, -0.1) is 23.2 Å². The number of nitrogens with zero attached hydrogens (tertiary/aromatic N) is 2. The number of hydrogen-bond acceptors (Lipinski definition) is 14. The van der Waals surface area contributed by atoms with Crippen LogP contribution in [0.4, 0.5) is 0 Å². The van der Waals surface area contributed by atoms with Gasteiger partial charge in [0.05, 0.1) is 30.2 Å². The number of nitrogens with one attached hydrogen (secondary N) is 7. The maximum Gasteiger partial charge on any atom is 0.258 e. The summed E-state index contributed by atoms with van der Waals surface area (Å²) in [6, 6.07) is 10.9. The Morgan fingerprint density at radius 3 is 2.08 bits per heavy atom. The average Bonchev–Trinajstić information content (AvgIpc) is 1.03. The second-order valence-electron chi connectivity index (χ2n) is 24.7. The molecular formula is C69H109Cl2N9O12. The normalized spacial score (nSPS) is 22.9. The quantitative estimate of drug-likeness (QED) is 0.0483. The topological polar surface area (TPSA) is 264 Å². The lowest BCUT2D eigenvalue weighted by Crippen LogP contribution is -2.62. The van der Waals surface area contributed by atoms with E-state index in [1.54, 1.807) is 53.0 Å². The van der Waals surface area contributed by atoms with Crippen molar-refractivity contribution in [3.63, 3.8) is 0 Å². The van der Waals surface area contributed by atoms with Crippen LogP contribution >= 0.6 is 23.2 Å². The molecule has 516 valence electrons. The highest BCUT2D eigenvalue weighted by Crippen LogP contribution is 2.29. The van der Waals surface area contributed by atoms with Gasteiger partial charge in [-0.3, -0.25) is 48.4 Å². The van der Waals surface area contributed by atoms with Crippen LogP contribution in [0.1, 0.15) is 153 Å². The van der Waals surface area contributed by atoms with Crippen molar-refractivity contribution in [1.82, 2.24) is 47.5 Å². The minimum absolute atomic E-state index is 0. The molecule has 21 nitrogen and oxygen atoms in total. The molecule has 2 fully saturated rings. The molecule has 0 aromatic heterocycles. The number of rotatable bonds is 20. The molecule has 2 aromatic rings. The molecule has 0 radical (unpaired) electrons. The van der Waals surface area contributed by atoms with Crippen LogP contribution in [0.25, 0.3) is 0 Å². The molecule has 2 aromatic carbocycles. The summed E-state index contributed by atoms with van der Waals surface area (Å²) in [7, 11) is 3.08. The fraction of sp³-hybridized carbons (Fsp3) is 0.623. The van der Waals surface area contributed by atoms with Gasteiger partial charge in [-0.1, -0.05) is 132 Å². The molecule has 7 amide bonds. The number of methoxy groups -OCH3 is 2. The average molecular weight is 1330 g/mol. The van der Waals surface area contributed by atoms with E-state index in [1.165, 1.54) is 17.1 Å². The van der Waals surface area contributed by atoms with Crippen LogP contribution in [0.3, 0.4) is 0 Å². The third-order valence-electron chi connectivity index (χ3n) is 16.1. The van der Waals surface area contributed by atoms with Gasteiger partial charge in [0.1, 0.15) is 60.7 Å². The maximum atomic E-state index is 13.4. The highest BCUT2D eigenvalue weighted by atomic mass is 35.5. The summed E-state index contributed by atoms with van der Waals surface area (Å²) in [5, 5.41) is 17.5. The van der Waals surface area contributed by atoms with E-state index < -0.39 is 66.1 Å². The molecular weight excluding hydrogens is 1220 g/mol. The van der Waals surface area contributed by atoms with E-state index in [-0.39, 0.29) is 97.4 Å². The number of ether oxygens (including phenoxy) is 4. The zero-order valence-corrected chi connectivity index (χ0v) is 57.8. The first-order valence-electron chi connectivity index (χ1n) is 31.9. The number of Topliss-reactive ketones (excluding diaryl/α,β-unsaturated/α-hetero) is 1. The van der Waals surface area contributed by atoms with Crippen LogP contribution in [0.5, 0.6) is 11.5 Å². The Morgan fingerprint density at radius 1 is 0.804 bits per heavy atom. The molecule has 92 heavy (non-hydrogen) atoms. The van der Waals surface area contributed by atoms with Crippen molar-refractivity contribution in [3.05, 3.63) is 96.6 Å². The Morgan fingerprint density at radius 2 is 1.48 bits per heavy atom. The number of alkyl halides is 2. The molecule has 3 heterocycles. The van der Waals surface area contributed by atoms with E-state index in [0.29, 0.717) is 68.6 Å². The van der Waals surface area contributed by atoms with Gasteiger partial charge in [0.2, 0.25) is 29.5 Å². The van der Waals surface area contributed by atoms with Crippen molar-refractivity contribution in [1.29, 1.82) is 0 Å². The van der Waals surface area contributed by atoms with E-state index in [4.69, 9.17) is 42.1 Å². The SMILES string of the molecule is C.C=CCOc1cccc([C@H](NC(=O)[C@@H]2CCCN(C(=O)[C@H](C)NC(=O)[C@@H](NC(=O)[C@H](C)[C@@H](/C=C/C)OC)C(C)C)N2)C(C)C)c1.CO[C@@H]1/C=C/COc2cccc(c2)[C@@H](C(C)C)NC(=O)[C@@H]2CCCN(N2)C(=O)[C@H](C)NC(=O)[C@H](C(C)C)CC(=O)[C@@H]1C.ClCCCl. The highest BCUT2D eigenvalue weighted by Gasteiger charge is 2.37. The Kier molecular flexibility index (Phi) is 37.4. The van der Waals surface area contributed by atoms with Crippen LogP contribution < -0.4 is 46.9 Å². The van der Waals surface area contributed by atoms with Crippen LogP contribution in [-0.4, -0.2) is 152 Å². The zero-order chi connectivity index (χ0) is 68.1. The lowest BCUT2D eigenvalue weighted by molar-refractivity contribution is -0.144. The van der Waals surface area contributed by atoms with Crippen LogP contribution in [0.15, 0.2) is 85.5 Å². The standard InChI is InChI=1S/C34H53N5O6.C32H48N4O6.C2H4Cl2.CH4/c1-10-14-28(44-9)23(7)31(40)37-30(22(5)6)33(42)35-24(8)34(43)39-18-13-17-27(38-39)32(41)36-29(21(3)4)25-15-12-16-26(20-25)45-19-11-2;1-19(2)25-18-27(37)21(5)28(41-7)14-10-16-42-24-12-8-11-23(17-24)29(20(3)4)34-31(39)26-13-9-15-36(35-26)32(40)22(6)33-30(25)38;3-1-2-4;/h10-12,14-16,20-24,27-30,38H,2,13,17-19H2,1,3-9H3,(H,35,42)(H,36,41)(H,37,40);8,10-12,14,17,19-22,25-26,28-29,35H,9,13,15-16,18H2,1-7H3,(H,33,38)(H,34,39);1-2H2;1H4/b2*14-10+;;/t23-,24+,27+,28-,29-,30+;21-,22-,25-,26-,28+,29+;;/m10../s1. The summed E-state index contributed by atoms with van der Waals surface area (Å²) in [4.78, 5) is 106. The van der Waals surface area contributed by atoms with Crippen LogP contribution in [0, 0.1) is 41.4 Å². The van der Waals surface area contributed by atoms with E-state index >= 15 is 0 Å². The van der Waals surface area contributed by atoms with Gasteiger partial charge in [0.25, 0.3) is 11.8 Å². The predicted octanol–water partition coefficient (Wildman–Crippen LogP) is 8.86. The third-order valence-corrected chi connectivity index (χ3v) is 16.7. The van der Waals surface area contributed by atoms with Crippen molar-refractivity contribution in [2.45, 2.75) is 184 Å². The summed E-state index contributed by atoms with van der Waals surface area (Å²) < 4.78 is 22.6. The first kappa shape index (κ1) is 81.7. The van der Waals surface area contributed by atoms with Crippen molar-refractivity contribution in [2.75, 3.05) is 52.3 Å². The molecule has 0 aliphatic carbocycles. The van der Waals surface area contributed by atoms with Gasteiger partial charge < -0.3 is 45.5 Å². The molecule has 23 heteroatoms. The van der Waals surface area contributed by atoms with Gasteiger partial charge in [0.15, 0.2) is 0 Å². The number of allylic oxidation sites excluding steroid dienone is 1. The fourth-order valence-corrected chi connectivity index (χ4v) is 10.6. The van der Waals surface area contributed by atoms with Gasteiger partial charge in [-0.2, -0.15) is 0 Å². The second kappa shape index (κ2) is 42.1. The molecule has 4 bridgehead atoms. The zero-order valence-electron chi connectivity index (χ0n) is 56.3. The number of carbonyl (C=O) groups is 8. The monoisotopic (exact) mass is 1330 g/mol. The number of ketones is 1. The van der Waals surface area contributed by atoms with Gasteiger partial charge in [0, 0.05) is 57.3 Å². The van der Waals surface area contributed by atoms with E-state index in [9.17, 15) is 38.4 Å². The summed E-state index contributed by atoms with van der Waals surface area (Å²) in [6.45, 7) is 29.3. The first-order chi connectivity index (χ1) is 43.2. The maximum absolute atomic E-state index is 13.4. The number of benzene rings is 2. The molecule has 12 atom stereocenters. The Hall–Kier alpha value is -6.36. The fourth-order valence-electron chi connectivity index (χ4n) is 10.6. The molecule has 3 aliphatic heterocycles. The molecule has 5 rings (SSSR count). The smallest absolute Gasteiger partial charge is 0.258 e. The molecule has 7 N–H and O–H groups in total. The lowest BCUT2D eigenvalue weighted by atomic mass is 9.85. The van der Waals surface area contributed by atoms with Crippen molar-refractivity contribution < 1.29 is 57.3 Å². The first-order valence-corrected chi connectivity index (χ1v) is 33.0. The number of fused-ring (bicyclic) bond motifs is 4. The summed E-state index contributed by atoms with van der Waals surface area (Å²) in [6.07, 6.45) is 10.4. The largest absolute Gasteiger partial charge is 0.490 e. The van der Waals surface area contributed by atoms with Crippen molar-refractivity contribution in [2.24, 2.45) is 41.4 Å². The summed E-state index contributed by atoms with van der Waals surface area (Å²) in [5.74, 6) is -1.65. The number of carbonyl (C=O) groups excluding carboxylic acids is 8.